The zero-order chi connectivity index (χ0) is 19.8. The van der Waals surface area contributed by atoms with E-state index < -0.39 is 17.8 Å². The van der Waals surface area contributed by atoms with E-state index in [1.54, 1.807) is 0 Å². The number of nitrogens with one attached hydrogen (secondary N) is 1. The maximum Gasteiger partial charge on any atom is 0.307 e. The Morgan fingerprint density at radius 3 is 2.50 bits per heavy atom. The minimum Gasteiger partial charge on any atom is -0.481 e. The monoisotopic (exact) mass is 396 g/mol. The Morgan fingerprint density at radius 2 is 1.86 bits per heavy atom. The Bertz CT molecular complexity index is 932. The molecule has 1 fully saturated rings. The van der Waals surface area contributed by atoms with Gasteiger partial charge in [0.25, 0.3) is 0 Å². The zero-order valence-electron chi connectivity index (χ0n) is 16.0. The standard InChI is InChI=1S/C22H24N2O3S/c1-3-4-13-5-7-14(8-6-13)19-12(2)28-22(23-19)24-20(25)17-15-9-10-16(11-15)18(17)21(26)27/h5-10,15-18H,3-4,11H2,1-2H3,(H,26,27)(H,23,24,25)/t15-,16-,17+,18-/m0/s1. The van der Waals surface area contributed by atoms with Crippen LogP contribution in [0.3, 0.4) is 0 Å². The second kappa shape index (κ2) is 7.51. The Hall–Kier alpha value is -2.47. The molecule has 1 heterocycles. The minimum absolute atomic E-state index is 0.0118. The van der Waals surface area contributed by atoms with Gasteiger partial charge in [0.15, 0.2) is 5.13 Å². The van der Waals surface area contributed by atoms with Crippen LogP contribution in [0.5, 0.6) is 0 Å². The summed E-state index contributed by atoms with van der Waals surface area (Å²) < 4.78 is 0. The van der Waals surface area contributed by atoms with E-state index in [4.69, 9.17) is 0 Å². The van der Waals surface area contributed by atoms with E-state index in [1.807, 2.05) is 19.1 Å². The lowest BCUT2D eigenvalue weighted by molar-refractivity contribution is -0.146. The van der Waals surface area contributed by atoms with Crippen LogP contribution in [0, 0.1) is 30.6 Å². The summed E-state index contributed by atoms with van der Waals surface area (Å²) in [7, 11) is 0. The Morgan fingerprint density at radius 1 is 1.18 bits per heavy atom. The second-order valence-electron chi connectivity index (χ2n) is 7.70. The van der Waals surface area contributed by atoms with E-state index in [0.29, 0.717) is 5.13 Å². The lowest BCUT2D eigenvalue weighted by Gasteiger charge is -2.23. The molecule has 0 aliphatic heterocycles. The summed E-state index contributed by atoms with van der Waals surface area (Å²) in [5.74, 6) is -2.30. The first-order chi connectivity index (χ1) is 13.5. The highest BCUT2D eigenvalue weighted by Crippen LogP contribution is 2.48. The zero-order valence-corrected chi connectivity index (χ0v) is 16.8. The van der Waals surface area contributed by atoms with Crippen molar-refractivity contribution in [2.75, 3.05) is 5.32 Å². The van der Waals surface area contributed by atoms with Crippen LogP contribution in [-0.4, -0.2) is 22.0 Å². The Labute approximate surface area is 168 Å². The van der Waals surface area contributed by atoms with Gasteiger partial charge >= 0.3 is 5.97 Å². The lowest BCUT2D eigenvalue weighted by Crippen LogP contribution is -2.36. The fraction of sp³-hybridized carbons (Fsp3) is 0.409. The maximum atomic E-state index is 12.9. The molecule has 2 aliphatic carbocycles. The number of nitrogens with zero attached hydrogens (tertiary/aromatic N) is 1. The van der Waals surface area contributed by atoms with Crippen LogP contribution in [-0.2, 0) is 16.0 Å². The van der Waals surface area contributed by atoms with Crippen molar-refractivity contribution in [1.29, 1.82) is 0 Å². The highest BCUT2D eigenvalue weighted by atomic mass is 32.1. The molecule has 1 aromatic heterocycles. The predicted molar refractivity (Wildman–Crippen MR) is 110 cm³/mol. The summed E-state index contributed by atoms with van der Waals surface area (Å²) >= 11 is 1.43. The molecular formula is C22H24N2O3S. The van der Waals surface area contributed by atoms with E-state index in [1.165, 1.54) is 16.9 Å². The molecule has 146 valence electrons. The fourth-order valence-electron chi connectivity index (χ4n) is 4.54. The van der Waals surface area contributed by atoms with Crippen molar-refractivity contribution in [2.45, 2.75) is 33.1 Å². The molecule has 1 amide bonds. The highest BCUT2D eigenvalue weighted by molar-refractivity contribution is 7.16. The van der Waals surface area contributed by atoms with E-state index in [2.05, 4.69) is 41.5 Å². The number of anilines is 1. The third kappa shape index (κ3) is 3.37. The number of carbonyl (C=O) groups is 2. The predicted octanol–water partition coefficient (Wildman–Crippen LogP) is 4.53. The molecule has 4 rings (SSSR count). The molecule has 1 aromatic carbocycles. The number of allylic oxidation sites excluding steroid dienone is 2. The molecule has 28 heavy (non-hydrogen) atoms. The summed E-state index contributed by atoms with van der Waals surface area (Å²) in [6, 6.07) is 8.38. The molecule has 1 saturated carbocycles. The molecule has 2 N–H and O–H groups in total. The first-order valence-electron chi connectivity index (χ1n) is 9.76. The first kappa shape index (κ1) is 18.9. The van der Waals surface area contributed by atoms with Gasteiger partial charge in [-0.1, -0.05) is 49.8 Å². The number of thiazole rings is 1. The van der Waals surface area contributed by atoms with E-state index in [0.717, 1.165) is 35.4 Å². The molecule has 0 unspecified atom stereocenters. The lowest BCUT2D eigenvalue weighted by atomic mass is 9.82. The van der Waals surface area contributed by atoms with E-state index >= 15 is 0 Å². The smallest absolute Gasteiger partial charge is 0.307 e. The van der Waals surface area contributed by atoms with Crippen molar-refractivity contribution >= 4 is 28.3 Å². The van der Waals surface area contributed by atoms with Gasteiger partial charge in [-0.05, 0) is 37.2 Å². The highest BCUT2D eigenvalue weighted by Gasteiger charge is 2.51. The average molecular weight is 397 g/mol. The SMILES string of the molecule is CCCc1ccc(-c2nc(NC(=O)[C@H]3[C@@H](C(=O)O)[C@H]4C=C[C@H]3C4)sc2C)cc1. The van der Waals surface area contributed by atoms with Crippen molar-refractivity contribution in [3.05, 3.63) is 46.9 Å². The molecule has 2 aliphatic rings. The third-order valence-corrected chi connectivity index (χ3v) is 6.73. The van der Waals surface area contributed by atoms with Crippen molar-refractivity contribution < 1.29 is 14.7 Å². The van der Waals surface area contributed by atoms with Gasteiger partial charge in [-0.2, -0.15) is 0 Å². The summed E-state index contributed by atoms with van der Waals surface area (Å²) in [6.45, 7) is 4.15. The van der Waals surface area contributed by atoms with Crippen LogP contribution < -0.4 is 5.32 Å². The van der Waals surface area contributed by atoms with Gasteiger partial charge in [-0.15, -0.1) is 11.3 Å². The third-order valence-electron chi connectivity index (χ3n) is 5.84. The minimum atomic E-state index is -0.889. The van der Waals surface area contributed by atoms with Crippen LogP contribution in [0.25, 0.3) is 11.3 Å². The van der Waals surface area contributed by atoms with Crippen LogP contribution >= 0.6 is 11.3 Å². The number of aryl methyl sites for hydroxylation is 2. The Kier molecular flexibility index (Phi) is 5.06. The number of carboxylic acid groups (broad SMARTS) is 1. The number of benzene rings is 1. The molecule has 0 saturated heterocycles. The van der Waals surface area contributed by atoms with Crippen LogP contribution in [0.1, 0.15) is 30.2 Å². The van der Waals surface area contributed by atoms with Crippen molar-refractivity contribution in [3.63, 3.8) is 0 Å². The van der Waals surface area contributed by atoms with Gasteiger partial charge in [0, 0.05) is 10.4 Å². The molecule has 4 atom stereocenters. The van der Waals surface area contributed by atoms with Crippen molar-refractivity contribution in [3.8, 4) is 11.3 Å². The molecule has 2 aromatic rings. The topological polar surface area (TPSA) is 79.3 Å². The Balaban J connectivity index is 1.52. The molecule has 0 radical (unpaired) electrons. The number of carbonyl (C=O) groups excluding carboxylic acids is 1. The fourth-order valence-corrected chi connectivity index (χ4v) is 5.38. The van der Waals surface area contributed by atoms with Gasteiger partial charge in [0.05, 0.1) is 17.5 Å². The van der Waals surface area contributed by atoms with Crippen LogP contribution in [0.2, 0.25) is 0 Å². The number of aromatic nitrogens is 1. The average Bonchev–Trinajstić information content (AvgIpc) is 3.37. The molecule has 0 spiro atoms. The number of carboxylic acids is 1. The van der Waals surface area contributed by atoms with E-state index in [-0.39, 0.29) is 17.7 Å². The van der Waals surface area contributed by atoms with E-state index in [9.17, 15) is 14.7 Å². The number of amides is 1. The van der Waals surface area contributed by atoms with Gasteiger partial charge in [0.1, 0.15) is 0 Å². The largest absolute Gasteiger partial charge is 0.481 e. The summed E-state index contributed by atoms with van der Waals surface area (Å²) in [5.41, 5.74) is 3.20. The number of fused-ring (bicyclic) bond motifs is 2. The molecule has 6 heteroatoms. The van der Waals surface area contributed by atoms with Crippen molar-refractivity contribution in [2.24, 2.45) is 23.7 Å². The van der Waals surface area contributed by atoms with Crippen LogP contribution in [0.15, 0.2) is 36.4 Å². The molecule has 2 bridgehead atoms. The number of aliphatic carboxylic acids is 1. The van der Waals surface area contributed by atoms with Gasteiger partial charge in [-0.25, -0.2) is 4.98 Å². The summed E-state index contributed by atoms with van der Waals surface area (Å²) in [6.07, 6.45) is 6.86. The normalized spacial score (nSPS) is 25.2. The summed E-state index contributed by atoms with van der Waals surface area (Å²) in [4.78, 5) is 30.1. The van der Waals surface area contributed by atoms with Gasteiger partial charge in [0.2, 0.25) is 5.91 Å². The second-order valence-corrected chi connectivity index (χ2v) is 8.90. The van der Waals surface area contributed by atoms with Gasteiger partial charge in [-0.3, -0.25) is 9.59 Å². The maximum absolute atomic E-state index is 12.9. The number of hydrogen-bond donors (Lipinski definition) is 2. The molecule has 5 nitrogen and oxygen atoms in total. The summed E-state index contributed by atoms with van der Waals surface area (Å²) in [5, 5.41) is 13.0. The molecular weight excluding hydrogens is 372 g/mol. The number of hydrogen-bond acceptors (Lipinski definition) is 4. The first-order valence-corrected chi connectivity index (χ1v) is 10.6. The quantitative estimate of drug-likeness (QED) is 0.703. The van der Waals surface area contributed by atoms with Crippen LogP contribution in [0.4, 0.5) is 5.13 Å². The number of rotatable bonds is 6. The van der Waals surface area contributed by atoms with Gasteiger partial charge < -0.3 is 10.4 Å². The van der Waals surface area contributed by atoms with Crippen molar-refractivity contribution in [1.82, 2.24) is 4.98 Å².